The smallest absolute Gasteiger partial charge is 0.160 e. The Labute approximate surface area is 158 Å². The molecule has 0 aromatic heterocycles. The van der Waals surface area contributed by atoms with Gasteiger partial charge in [0.15, 0.2) is 5.78 Å². The molecule has 0 unspecified atom stereocenters. The van der Waals surface area contributed by atoms with Crippen LogP contribution < -0.4 is 9.47 Å². The first kappa shape index (κ1) is 20.4. The molecule has 0 aliphatic rings. The van der Waals surface area contributed by atoms with Crippen LogP contribution in [0.2, 0.25) is 0 Å². The molecular formula is C18H18Br2O4. The first-order valence-electron chi connectivity index (χ1n) is 7.03. The third kappa shape index (κ3) is 6.09. The van der Waals surface area contributed by atoms with E-state index in [9.17, 15) is 9.59 Å². The van der Waals surface area contributed by atoms with Crippen LogP contribution in [-0.2, 0) is 11.2 Å². The molecule has 0 N–H and O–H groups in total. The van der Waals surface area contributed by atoms with Crippen molar-refractivity contribution in [2.75, 3.05) is 14.2 Å². The molecule has 0 fully saturated rings. The number of ketones is 1. The van der Waals surface area contributed by atoms with Crippen molar-refractivity contribution in [3.05, 3.63) is 56.5 Å². The number of hydrogen-bond acceptors (Lipinski definition) is 4. The van der Waals surface area contributed by atoms with E-state index in [2.05, 4.69) is 31.9 Å². The predicted octanol–water partition coefficient (Wildman–Crippen LogP) is 4.86. The highest BCUT2D eigenvalue weighted by molar-refractivity contribution is 9.10. The largest absolute Gasteiger partial charge is 0.497 e. The topological polar surface area (TPSA) is 52.6 Å². The number of carbonyl (C=O) groups is 2. The summed E-state index contributed by atoms with van der Waals surface area (Å²) < 4.78 is 11.8. The quantitative estimate of drug-likeness (QED) is 0.475. The van der Waals surface area contributed by atoms with Crippen LogP contribution in [0.15, 0.2) is 45.3 Å². The van der Waals surface area contributed by atoms with Gasteiger partial charge in [-0.05, 0) is 53.2 Å². The Kier molecular flexibility index (Phi) is 8.71. The van der Waals surface area contributed by atoms with Gasteiger partial charge in [-0.2, -0.15) is 0 Å². The summed E-state index contributed by atoms with van der Waals surface area (Å²) in [5, 5.41) is 0. The fourth-order valence-corrected chi connectivity index (χ4v) is 2.86. The Morgan fingerprint density at radius 2 is 1.79 bits per heavy atom. The maximum absolute atomic E-state index is 11.0. The number of carbonyl (C=O) groups excluding carboxylic acids is 2. The first-order chi connectivity index (χ1) is 11.4. The SMILES string of the molecule is COc1cc(Br)ccc1CC=O.COc1ccc(C(C)=O)c(Br)c1. The van der Waals surface area contributed by atoms with E-state index < -0.39 is 0 Å². The molecule has 0 bridgehead atoms. The molecule has 0 spiro atoms. The normalized spacial score (nSPS) is 9.54. The summed E-state index contributed by atoms with van der Waals surface area (Å²) in [4.78, 5) is 21.3. The van der Waals surface area contributed by atoms with E-state index in [1.165, 1.54) is 6.92 Å². The molecule has 2 aromatic carbocycles. The van der Waals surface area contributed by atoms with Crippen molar-refractivity contribution < 1.29 is 19.1 Å². The van der Waals surface area contributed by atoms with Crippen molar-refractivity contribution in [2.24, 2.45) is 0 Å². The minimum absolute atomic E-state index is 0.0459. The zero-order valence-corrected chi connectivity index (χ0v) is 16.8. The highest BCUT2D eigenvalue weighted by Crippen LogP contribution is 2.23. The Morgan fingerprint density at radius 1 is 1.08 bits per heavy atom. The van der Waals surface area contributed by atoms with E-state index in [-0.39, 0.29) is 5.78 Å². The summed E-state index contributed by atoms with van der Waals surface area (Å²) in [6.07, 6.45) is 1.27. The van der Waals surface area contributed by atoms with Crippen LogP contribution in [0.4, 0.5) is 0 Å². The van der Waals surface area contributed by atoms with Crippen LogP contribution in [0.3, 0.4) is 0 Å². The molecule has 4 nitrogen and oxygen atoms in total. The average molecular weight is 458 g/mol. The van der Waals surface area contributed by atoms with Crippen molar-refractivity contribution in [3.63, 3.8) is 0 Å². The molecule has 0 heterocycles. The molecule has 0 aliphatic carbocycles. The van der Waals surface area contributed by atoms with Gasteiger partial charge < -0.3 is 14.3 Å². The third-order valence-corrected chi connectivity index (χ3v) is 4.26. The zero-order valence-electron chi connectivity index (χ0n) is 13.6. The molecule has 0 saturated heterocycles. The third-order valence-electron chi connectivity index (χ3n) is 3.11. The monoisotopic (exact) mass is 456 g/mol. The molecule has 0 saturated carbocycles. The van der Waals surface area contributed by atoms with Crippen molar-refractivity contribution in [1.82, 2.24) is 0 Å². The lowest BCUT2D eigenvalue weighted by atomic mass is 10.1. The zero-order chi connectivity index (χ0) is 18.1. The Bertz CT molecular complexity index is 714. The van der Waals surface area contributed by atoms with E-state index in [0.29, 0.717) is 12.0 Å². The molecule has 2 rings (SSSR count). The lowest BCUT2D eigenvalue weighted by molar-refractivity contribution is -0.107. The van der Waals surface area contributed by atoms with Crippen LogP contribution in [0.5, 0.6) is 11.5 Å². The van der Waals surface area contributed by atoms with Crippen LogP contribution in [0.25, 0.3) is 0 Å². The average Bonchev–Trinajstić information content (AvgIpc) is 2.56. The van der Waals surface area contributed by atoms with Gasteiger partial charge in [0.1, 0.15) is 17.8 Å². The number of rotatable bonds is 5. The summed E-state index contributed by atoms with van der Waals surface area (Å²) in [7, 11) is 3.19. The second-order valence-corrected chi connectivity index (χ2v) is 6.50. The van der Waals surface area contributed by atoms with Crippen LogP contribution in [0, 0.1) is 0 Å². The molecule has 0 atom stereocenters. The summed E-state index contributed by atoms with van der Waals surface area (Å²) >= 11 is 6.61. The van der Waals surface area contributed by atoms with Gasteiger partial charge in [0, 0.05) is 26.5 Å². The van der Waals surface area contributed by atoms with Crippen molar-refractivity contribution in [1.29, 1.82) is 0 Å². The summed E-state index contributed by atoms with van der Waals surface area (Å²) in [5.74, 6) is 1.54. The van der Waals surface area contributed by atoms with Crippen LogP contribution >= 0.6 is 31.9 Å². The van der Waals surface area contributed by atoms with Crippen molar-refractivity contribution in [2.45, 2.75) is 13.3 Å². The Morgan fingerprint density at radius 3 is 2.29 bits per heavy atom. The lowest BCUT2D eigenvalue weighted by Gasteiger charge is -2.05. The first-order valence-corrected chi connectivity index (χ1v) is 8.62. The van der Waals surface area contributed by atoms with E-state index in [1.54, 1.807) is 32.4 Å². The van der Waals surface area contributed by atoms with Crippen LogP contribution in [-0.4, -0.2) is 26.3 Å². The highest BCUT2D eigenvalue weighted by atomic mass is 79.9. The number of benzene rings is 2. The molecule has 0 amide bonds. The fourth-order valence-electron chi connectivity index (χ4n) is 1.89. The van der Waals surface area contributed by atoms with Gasteiger partial charge >= 0.3 is 0 Å². The van der Waals surface area contributed by atoms with E-state index >= 15 is 0 Å². The molecule has 0 aliphatic heterocycles. The fraction of sp³-hybridized carbons (Fsp3) is 0.222. The number of ether oxygens (including phenoxy) is 2. The summed E-state index contributed by atoms with van der Waals surface area (Å²) in [5.41, 5.74) is 1.59. The number of aldehydes is 1. The molecule has 6 heteroatoms. The predicted molar refractivity (Wildman–Crippen MR) is 101 cm³/mol. The van der Waals surface area contributed by atoms with Crippen LogP contribution in [0.1, 0.15) is 22.8 Å². The van der Waals surface area contributed by atoms with Gasteiger partial charge in [-0.15, -0.1) is 0 Å². The number of methoxy groups -OCH3 is 2. The summed E-state index contributed by atoms with van der Waals surface area (Å²) in [6, 6.07) is 10.9. The maximum Gasteiger partial charge on any atom is 0.160 e. The van der Waals surface area contributed by atoms with Crippen molar-refractivity contribution in [3.8, 4) is 11.5 Å². The molecular weight excluding hydrogens is 440 g/mol. The maximum atomic E-state index is 11.0. The Hall–Kier alpha value is -1.66. The lowest BCUT2D eigenvalue weighted by Crippen LogP contribution is -1.93. The molecule has 2 aromatic rings. The van der Waals surface area contributed by atoms with Gasteiger partial charge in [-0.1, -0.05) is 22.0 Å². The number of Topliss-reactive ketones (excluding diaryl/α,β-unsaturated/α-hetero) is 1. The minimum atomic E-state index is 0.0459. The van der Waals surface area contributed by atoms with Gasteiger partial charge in [0.05, 0.1) is 14.2 Å². The van der Waals surface area contributed by atoms with E-state index in [1.807, 2.05) is 18.2 Å². The molecule has 128 valence electrons. The number of halogens is 2. The minimum Gasteiger partial charge on any atom is -0.497 e. The Balaban J connectivity index is 0.000000240. The standard InChI is InChI=1S/2C9H9BrO2/c1-6(11)8-4-3-7(12-2)5-9(8)10;1-12-9-6-8(10)3-2-7(9)4-5-11/h3-5H,1-2H3;2-3,5-6H,4H2,1H3. The summed E-state index contributed by atoms with van der Waals surface area (Å²) in [6.45, 7) is 1.53. The van der Waals surface area contributed by atoms with Gasteiger partial charge in [-0.3, -0.25) is 4.79 Å². The molecule has 0 radical (unpaired) electrons. The number of hydrogen-bond donors (Lipinski definition) is 0. The van der Waals surface area contributed by atoms with E-state index in [0.717, 1.165) is 32.3 Å². The van der Waals surface area contributed by atoms with Gasteiger partial charge in [0.25, 0.3) is 0 Å². The molecule has 24 heavy (non-hydrogen) atoms. The second kappa shape index (κ2) is 10.3. The van der Waals surface area contributed by atoms with Gasteiger partial charge in [-0.25, -0.2) is 0 Å². The van der Waals surface area contributed by atoms with Crippen molar-refractivity contribution >= 4 is 43.9 Å². The highest BCUT2D eigenvalue weighted by Gasteiger charge is 2.05. The second-order valence-electron chi connectivity index (χ2n) is 4.73. The van der Waals surface area contributed by atoms with E-state index in [4.69, 9.17) is 9.47 Å². The van der Waals surface area contributed by atoms with Gasteiger partial charge in [0.2, 0.25) is 0 Å².